The van der Waals surface area contributed by atoms with Crippen LogP contribution < -0.4 is 10.5 Å². The number of rotatable bonds is 5. The Morgan fingerprint density at radius 1 is 1.19 bits per heavy atom. The molecule has 5 heteroatoms. The number of amides is 1. The minimum Gasteiger partial charge on any atom is -0.484 e. The zero-order valence-corrected chi connectivity index (χ0v) is 12.3. The van der Waals surface area contributed by atoms with Gasteiger partial charge in [0.15, 0.2) is 6.61 Å². The molecule has 21 heavy (non-hydrogen) atoms. The number of carbonyl (C=O) groups is 1. The molecule has 0 spiro atoms. The maximum absolute atomic E-state index is 13.5. The highest BCUT2D eigenvalue weighted by Gasteiger charge is 2.16. The summed E-state index contributed by atoms with van der Waals surface area (Å²) in [6.07, 6.45) is 5.04. The molecule has 0 aliphatic carbocycles. The van der Waals surface area contributed by atoms with E-state index in [1.54, 1.807) is 6.07 Å². The lowest BCUT2D eigenvalue weighted by molar-refractivity contribution is -0.133. The van der Waals surface area contributed by atoms with E-state index in [0.717, 1.165) is 31.5 Å². The van der Waals surface area contributed by atoms with Crippen LogP contribution in [0.1, 0.15) is 31.2 Å². The first kappa shape index (κ1) is 15.8. The normalized spacial score (nSPS) is 15.6. The molecule has 0 unspecified atom stereocenters. The van der Waals surface area contributed by atoms with Crippen LogP contribution >= 0.6 is 0 Å². The van der Waals surface area contributed by atoms with Gasteiger partial charge in [0.05, 0.1) is 0 Å². The molecule has 4 nitrogen and oxygen atoms in total. The van der Waals surface area contributed by atoms with Crippen LogP contribution in [0, 0.1) is 5.82 Å². The van der Waals surface area contributed by atoms with E-state index in [0.29, 0.717) is 18.7 Å². The predicted molar refractivity (Wildman–Crippen MR) is 79.7 cm³/mol. The third-order valence-corrected chi connectivity index (χ3v) is 3.69. The molecule has 1 aliphatic rings. The number of hydrogen-bond donors (Lipinski definition) is 1. The average Bonchev–Trinajstić information content (AvgIpc) is 2.73. The molecular formula is C16H23FN2O2. The van der Waals surface area contributed by atoms with Crippen LogP contribution in [-0.2, 0) is 11.2 Å². The molecular weight excluding hydrogens is 271 g/mol. The number of hydrogen-bond acceptors (Lipinski definition) is 3. The maximum Gasteiger partial charge on any atom is 0.260 e. The van der Waals surface area contributed by atoms with E-state index in [4.69, 9.17) is 10.5 Å². The van der Waals surface area contributed by atoms with Crippen molar-refractivity contribution in [3.8, 4) is 5.75 Å². The first-order valence-electron chi connectivity index (χ1n) is 7.59. The Morgan fingerprint density at radius 2 is 1.90 bits per heavy atom. The second-order valence-electron chi connectivity index (χ2n) is 5.42. The van der Waals surface area contributed by atoms with Crippen LogP contribution in [-0.4, -0.2) is 37.0 Å². The lowest BCUT2D eigenvalue weighted by Gasteiger charge is -2.20. The summed E-state index contributed by atoms with van der Waals surface area (Å²) >= 11 is 0. The molecule has 2 N–H and O–H groups in total. The van der Waals surface area contributed by atoms with Crippen molar-refractivity contribution in [3.05, 3.63) is 29.6 Å². The maximum atomic E-state index is 13.5. The summed E-state index contributed by atoms with van der Waals surface area (Å²) in [6, 6.07) is 4.48. The smallest absolute Gasteiger partial charge is 0.260 e. The fourth-order valence-corrected chi connectivity index (χ4v) is 2.57. The van der Waals surface area contributed by atoms with E-state index >= 15 is 0 Å². The SMILES string of the molecule is NCCc1cc(F)cc(OCC(=O)N2CCCCCC2)c1. The number of likely N-dealkylation sites (tertiary alicyclic amines) is 1. The summed E-state index contributed by atoms with van der Waals surface area (Å²) < 4.78 is 18.9. The van der Waals surface area contributed by atoms with Gasteiger partial charge in [-0.3, -0.25) is 4.79 Å². The molecule has 1 aliphatic heterocycles. The third kappa shape index (κ3) is 5.01. The van der Waals surface area contributed by atoms with Crippen molar-refractivity contribution in [2.75, 3.05) is 26.2 Å². The van der Waals surface area contributed by atoms with Crippen LogP contribution in [0.4, 0.5) is 4.39 Å². The molecule has 0 saturated carbocycles. The second kappa shape index (κ2) is 7.98. The van der Waals surface area contributed by atoms with Gasteiger partial charge in [-0.2, -0.15) is 0 Å². The molecule has 1 aromatic rings. The van der Waals surface area contributed by atoms with Gasteiger partial charge < -0.3 is 15.4 Å². The number of nitrogens with two attached hydrogens (primary N) is 1. The Kier molecular flexibility index (Phi) is 5.99. The summed E-state index contributed by atoms with van der Waals surface area (Å²) in [6.45, 7) is 2.01. The quantitative estimate of drug-likeness (QED) is 0.905. The zero-order chi connectivity index (χ0) is 15.1. The summed E-state index contributed by atoms with van der Waals surface area (Å²) in [5.74, 6) is 0.00123. The Balaban J connectivity index is 1.90. The van der Waals surface area contributed by atoms with Gasteiger partial charge in [0, 0.05) is 19.2 Å². The highest BCUT2D eigenvalue weighted by molar-refractivity contribution is 5.77. The molecule has 1 saturated heterocycles. The fourth-order valence-electron chi connectivity index (χ4n) is 2.57. The molecule has 1 heterocycles. The lowest BCUT2D eigenvalue weighted by Crippen LogP contribution is -2.35. The standard InChI is InChI=1S/C16H23FN2O2/c17-14-9-13(5-6-18)10-15(11-14)21-12-16(20)19-7-3-1-2-4-8-19/h9-11H,1-8,12,18H2. The molecule has 1 aromatic carbocycles. The van der Waals surface area contributed by atoms with Gasteiger partial charge >= 0.3 is 0 Å². The monoisotopic (exact) mass is 294 g/mol. The molecule has 1 fully saturated rings. The van der Waals surface area contributed by atoms with Crippen LogP contribution in [0.5, 0.6) is 5.75 Å². The highest BCUT2D eigenvalue weighted by Crippen LogP contribution is 2.17. The van der Waals surface area contributed by atoms with Crippen molar-refractivity contribution >= 4 is 5.91 Å². The number of carbonyl (C=O) groups excluding carboxylic acids is 1. The molecule has 0 bridgehead atoms. The van der Waals surface area contributed by atoms with Crippen molar-refractivity contribution in [1.82, 2.24) is 4.90 Å². The first-order valence-corrected chi connectivity index (χ1v) is 7.59. The van der Waals surface area contributed by atoms with Gasteiger partial charge in [-0.1, -0.05) is 12.8 Å². The first-order chi connectivity index (χ1) is 10.2. The van der Waals surface area contributed by atoms with Gasteiger partial charge in [0.2, 0.25) is 0 Å². The van der Waals surface area contributed by atoms with Crippen molar-refractivity contribution in [2.45, 2.75) is 32.1 Å². The van der Waals surface area contributed by atoms with Crippen molar-refractivity contribution in [1.29, 1.82) is 0 Å². The minimum absolute atomic E-state index is 0.0264. The van der Waals surface area contributed by atoms with Crippen molar-refractivity contribution < 1.29 is 13.9 Å². The number of ether oxygens (including phenoxy) is 1. The van der Waals surface area contributed by atoms with E-state index in [2.05, 4.69) is 0 Å². The highest BCUT2D eigenvalue weighted by atomic mass is 19.1. The van der Waals surface area contributed by atoms with Gasteiger partial charge in [-0.25, -0.2) is 4.39 Å². The summed E-state index contributed by atoms with van der Waals surface area (Å²) in [5, 5.41) is 0. The van der Waals surface area contributed by atoms with Crippen LogP contribution in [0.15, 0.2) is 18.2 Å². The summed E-state index contributed by atoms with van der Waals surface area (Å²) in [4.78, 5) is 13.9. The van der Waals surface area contributed by atoms with E-state index in [-0.39, 0.29) is 18.3 Å². The van der Waals surface area contributed by atoms with Crippen LogP contribution in [0.25, 0.3) is 0 Å². The van der Waals surface area contributed by atoms with Crippen LogP contribution in [0.2, 0.25) is 0 Å². The Hall–Kier alpha value is -1.62. The minimum atomic E-state index is -0.363. The Bertz CT molecular complexity index is 471. The van der Waals surface area contributed by atoms with Crippen molar-refractivity contribution in [3.63, 3.8) is 0 Å². The molecule has 0 atom stereocenters. The van der Waals surface area contributed by atoms with Gasteiger partial charge in [0.1, 0.15) is 11.6 Å². The van der Waals surface area contributed by atoms with Crippen molar-refractivity contribution in [2.24, 2.45) is 5.73 Å². The Labute approximate surface area is 125 Å². The number of nitrogens with zero attached hydrogens (tertiary/aromatic N) is 1. The molecule has 0 radical (unpaired) electrons. The number of benzene rings is 1. The molecule has 0 aromatic heterocycles. The van der Waals surface area contributed by atoms with Gasteiger partial charge in [-0.15, -0.1) is 0 Å². The summed E-state index contributed by atoms with van der Waals surface area (Å²) in [7, 11) is 0. The molecule has 116 valence electrons. The van der Waals surface area contributed by atoms with E-state index < -0.39 is 0 Å². The van der Waals surface area contributed by atoms with Gasteiger partial charge in [-0.05, 0) is 43.5 Å². The van der Waals surface area contributed by atoms with Crippen LogP contribution in [0.3, 0.4) is 0 Å². The second-order valence-corrected chi connectivity index (χ2v) is 5.42. The van der Waals surface area contributed by atoms with E-state index in [1.807, 2.05) is 4.90 Å². The van der Waals surface area contributed by atoms with E-state index in [1.165, 1.54) is 25.0 Å². The zero-order valence-electron chi connectivity index (χ0n) is 12.3. The predicted octanol–water partition coefficient (Wildman–Crippen LogP) is 2.11. The largest absolute Gasteiger partial charge is 0.484 e. The number of halogens is 1. The lowest BCUT2D eigenvalue weighted by atomic mass is 10.1. The van der Waals surface area contributed by atoms with Gasteiger partial charge in [0.25, 0.3) is 5.91 Å². The Morgan fingerprint density at radius 3 is 2.57 bits per heavy atom. The molecule has 1 amide bonds. The fraction of sp³-hybridized carbons (Fsp3) is 0.562. The molecule has 2 rings (SSSR count). The summed E-state index contributed by atoms with van der Waals surface area (Å²) in [5.41, 5.74) is 6.26. The average molecular weight is 294 g/mol. The third-order valence-electron chi connectivity index (χ3n) is 3.69. The topological polar surface area (TPSA) is 55.6 Å². The van der Waals surface area contributed by atoms with E-state index in [9.17, 15) is 9.18 Å².